The Morgan fingerprint density at radius 1 is 0.393 bits per heavy atom. The molecule has 0 saturated carbocycles. The third-order valence-corrected chi connectivity index (χ3v) is 18.2. The summed E-state index contributed by atoms with van der Waals surface area (Å²) >= 11 is 0. The summed E-state index contributed by atoms with van der Waals surface area (Å²) in [6.07, 6.45) is 1.93. The lowest BCUT2D eigenvalue weighted by molar-refractivity contribution is 0.483. The Bertz CT molecular complexity index is 4570. The molecule has 3 aliphatic rings. The van der Waals surface area contributed by atoms with Crippen molar-refractivity contribution < 1.29 is 4.74 Å². The highest BCUT2D eigenvalue weighted by molar-refractivity contribution is 6.10. The Hall–Kier alpha value is -9.45. The molecule has 10 aromatic carbocycles. The summed E-state index contributed by atoms with van der Waals surface area (Å²) in [5.74, 6) is 2.41. The molecule has 1 spiro atoms. The summed E-state index contributed by atoms with van der Waals surface area (Å²) in [6.45, 7) is 21.3. The van der Waals surface area contributed by atoms with Gasteiger partial charge in [0.1, 0.15) is 24.0 Å². The number of rotatable bonds is 7. The van der Waals surface area contributed by atoms with Crippen LogP contribution in [0.4, 0.5) is 22.7 Å². The third kappa shape index (κ3) is 7.92. The Morgan fingerprint density at radius 2 is 0.929 bits per heavy atom. The van der Waals surface area contributed by atoms with Gasteiger partial charge in [0.15, 0.2) is 0 Å². The first kappa shape index (κ1) is 51.4. The van der Waals surface area contributed by atoms with Gasteiger partial charge in [0, 0.05) is 45.9 Å². The molecule has 0 amide bonds. The van der Waals surface area contributed by atoms with Crippen LogP contribution in [0.3, 0.4) is 0 Å². The van der Waals surface area contributed by atoms with Crippen LogP contribution in [0.5, 0.6) is 11.5 Å². The van der Waals surface area contributed by atoms with Crippen LogP contribution in [-0.4, -0.2) is 16.2 Å². The zero-order chi connectivity index (χ0) is 57.4. The van der Waals surface area contributed by atoms with Crippen LogP contribution < -0.4 is 14.5 Å². The molecule has 0 fully saturated rings. The number of pyridine rings is 1. The van der Waals surface area contributed by atoms with Gasteiger partial charge in [-0.3, -0.25) is 4.57 Å². The highest BCUT2D eigenvalue weighted by Crippen LogP contribution is 2.65. The van der Waals surface area contributed by atoms with Crippen LogP contribution in [0.15, 0.2) is 237 Å². The van der Waals surface area contributed by atoms with Crippen molar-refractivity contribution >= 4 is 44.6 Å². The van der Waals surface area contributed by atoms with Crippen LogP contribution in [-0.2, 0) is 21.7 Å². The topological polar surface area (TPSA) is 33.5 Å². The minimum absolute atomic E-state index is 0.0297. The minimum Gasteiger partial charge on any atom is -0.457 e. The lowest BCUT2D eigenvalue weighted by Crippen LogP contribution is -2.26. The van der Waals surface area contributed by atoms with E-state index < -0.39 is 5.41 Å². The second-order valence-electron chi connectivity index (χ2n) is 26.4. The normalized spacial score (nSPS) is 14.0. The average Bonchev–Trinajstić information content (AvgIpc) is 1.57. The molecule has 0 bridgehead atoms. The molecule has 84 heavy (non-hydrogen) atoms. The van der Waals surface area contributed by atoms with E-state index in [2.05, 4.69) is 307 Å². The summed E-state index contributed by atoms with van der Waals surface area (Å²) in [6, 6.07) is 85.9. The summed E-state index contributed by atoms with van der Waals surface area (Å²) in [5.41, 5.74) is 25.2. The van der Waals surface area contributed by atoms with E-state index in [9.17, 15) is 0 Å². The van der Waals surface area contributed by atoms with Gasteiger partial charge in [-0.2, -0.15) is 0 Å². The molecular weight excluding hydrogens is 1020 g/mol. The molecule has 0 radical (unpaired) electrons. The molecule has 0 N–H and O–H groups in total. The molecule has 3 heterocycles. The standard InChI is InChI=1S/C79H68N4O/c1-76(2,3)51-41-42-80-73(46-51)83-69-36-17-13-27-60(69)61-40-39-56(48-72(61)83)84-55-24-20-23-54(47-55)81-49-82(71-38-19-18-37-70(71)81)75-57(50-43-52(77(4,5)6)45-53(44-50)78(7,8)9)29-21-31-63(75)62-30-22-35-68-74(62)64-28-12-16-34-67(64)79(68)65-32-14-10-25-58(65)59-26-11-15-33-66(59)79/h10-48H,49H2,1-9H3. The second kappa shape index (κ2) is 18.8. The van der Waals surface area contributed by atoms with E-state index in [-0.39, 0.29) is 16.2 Å². The number of fused-ring (bicyclic) bond motifs is 14. The highest BCUT2D eigenvalue weighted by atomic mass is 16.5. The predicted octanol–water partition coefficient (Wildman–Crippen LogP) is 20.8. The first-order valence-electron chi connectivity index (χ1n) is 29.7. The maximum atomic E-state index is 6.96. The van der Waals surface area contributed by atoms with Crippen molar-refractivity contribution in [3.8, 4) is 61.8 Å². The molecule has 0 saturated heterocycles. The van der Waals surface area contributed by atoms with Gasteiger partial charge in [-0.15, -0.1) is 0 Å². The molecule has 410 valence electrons. The van der Waals surface area contributed by atoms with Crippen molar-refractivity contribution in [2.24, 2.45) is 0 Å². The van der Waals surface area contributed by atoms with Gasteiger partial charge in [-0.25, -0.2) is 4.98 Å². The molecule has 5 nitrogen and oxygen atoms in total. The largest absolute Gasteiger partial charge is 0.457 e. The summed E-state index contributed by atoms with van der Waals surface area (Å²) in [7, 11) is 0. The monoisotopic (exact) mass is 1090 g/mol. The van der Waals surface area contributed by atoms with Crippen molar-refractivity contribution in [2.75, 3.05) is 16.5 Å². The maximum Gasteiger partial charge on any atom is 0.137 e. The van der Waals surface area contributed by atoms with Crippen molar-refractivity contribution in [3.05, 3.63) is 276 Å². The second-order valence-corrected chi connectivity index (χ2v) is 26.4. The molecule has 15 rings (SSSR count). The first-order chi connectivity index (χ1) is 40.6. The first-order valence-corrected chi connectivity index (χ1v) is 29.7. The van der Waals surface area contributed by atoms with E-state index in [1.165, 1.54) is 94.5 Å². The number of hydrogen-bond acceptors (Lipinski definition) is 4. The van der Waals surface area contributed by atoms with Gasteiger partial charge >= 0.3 is 0 Å². The third-order valence-electron chi connectivity index (χ3n) is 18.2. The number of anilines is 4. The van der Waals surface area contributed by atoms with Crippen molar-refractivity contribution in [2.45, 2.75) is 84.0 Å². The molecule has 2 aromatic heterocycles. The van der Waals surface area contributed by atoms with Crippen LogP contribution in [0.25, 0.3) is 72.1 Å². The zero-order valence-electron chi connectivity index (χ0n) is 49.4. The number of hydrogen-bond donors (Lipinski definition) is 0. The Labute approximate surface area is 494 Å². The van der Waals surface area contributed by atoms with Crippen LogP contribution in [0, 0.1) is 0 Å². The van der Waals surface area contributed by atoms with Crippen molar-refractivity contribution in [1.29, 1.82) is 0 Å². The number of ether oxygens (including phenoxy) is 1. The van der Waals surface area contributed by atoms with E-state index in [1.54, 1.807) is 0 Å². The average molecular weight is 1090 g/mol. The van der Waals surface area contributed by atoms with E-state index in [0.29, 0.717) is 6.67 Å². The van der Waals surface area contributed by atoms with E-state index >= 15 is 0 Å². The molecule has 0 atom stereocenters. The number of benzene rings is 10. The predicted molar refractivity (Wildman–Crippen MR) is 350 cm³/mol. The minimum atomic E-state index is -0.473. The summed E-state index contributed by atoms with van der Waals surface area (Å²) < 4.78 is 9.24. The maximum absolute atomic E-state index is 6.96. The molecular formula is C79H68N4O. The van der Waals surface area contributed by atoms with Crippen LogP contribution >= 0.6 is 0 Å². The summed E-state index contributed by atoms with van der Waals surface area (Å²) in [5, 5.41) is 2.33. The lowest BCUT2D eigenvalue weighted by atomic mass is 9.70. The van der Waals surface area contributed by atoms with Crippen molar-refractivity contribution in [1.82, 2.24) is 9.55 Å². The quantitative estimate of drug-likeness (QED) is 0.159. The Balaban J connectivity index is 0.891. The molecule has 12 aromatic rings. The van der Waals surface area contributed by atoms with Crippen LogP contribution in [0.2, 0.25) is 0 Å². The van der Waals surface area contributed by atoms with Crippen molar-refractivity contribution in [3.63, 3.8) is 0 Å². The smallest absolute Gasteiger partial charge is 0.137 e. The molecule has 5 heteroatoms. The van der Waals surface area contributed by atoms with Gasteiger partial charge in [0.25, 0.3) is 0 Å². The Morgan fingerprint density at radius 3 is 1.63 bits per heavy atom. The Kier molecular flexibility index (Phi) is 11.5. The number of nitrogens with zero attached hydrogens (tertiary/aromatic N) is 4. The van der Waals surface area contributed by atoms with E-state index in [4.69, 9.17) is 9.72 Å². The molecule has 1 aliphatic heterocycles. The van der Waals surface area contributed by atoms with Crippen LogP contribution in [0.1, 0.15) is 101 Å². The number of para-hydroxylation sites is 4. The van der Waals surface area contributed by atoms with E-state index in [1.807, 2.05) is 6.20 Å². The fraction of sp³-hybridized carbons (Fsp3) is 0.177. The molecule has 2 aliphatic carbocycles. The molecule has 0 unspecified atom stereocenters. The zero-order valence-corrected chi connectivity index (χ0v) is 49.4. The fourth-order valence-corrected chi connectivity index (χ4v) is 14.0. The fourth-order valence-electron chi connectivity index (χ4n) is 14.0. The van der Waals surface area contributed by atoms with Gasteiger partial charge in [-0.1, -0.05) is 226 Å². The highest BCUT2D eigenvalue weighted by Gasteiger charge is 2.52. The van der Waals surface area contributed by atoms with Gasteiger partial charge < -0.3 is 14.5 Å². The SMILES string of the molecule is CC(C)(C)c1cc(-c2cccc(-c3cccc4c3-c3ccccc3C43c4ccccc4-c4ccccc43)c2N2CN(c3cccc(Oc4ccc5c6ccccc6n(-c6cc(C(C)(C)C)ccn6)c5c4)c3)c3ccccc32)cc(C(C)(C)C)c1. The van der Waals surface area contributed by atoms with E-state index in [0.717, 1.165) is 50.8 Å². The lowest BCUT2D eigenvalue weighted by Gasteiger charge is -2.31. The number of aromatic nitrogens is 2. The van der Waals surface area contributed by atoms with Gasteiger partial charge in [0.2, 0.25) is 0 Å². The summed E-state index contributed by atoms with van der Waals surface area (Å²) in [4.78, 5) is 9.99. The van der Waals surface area contributed by atoms with Gasteiger partial charge in [-0.05, 0) is 143 Å². The van der Waals surface area contributed by atoms with Gasteiger partial charge in [0.05, 0.1) is 33.5 Å².